The predicted octanol–water partition coefficient (Wildman–Crippen LogP) is 4.48. The lowest BCUT2D eigenvalue weighted by Gasteiger charge is -2.25. The van der Waals surface area contributed by atoms with E-state index in [1.165, 1.54) is 12.1 Å². The van der Waals surface area contributed by atoms with Crippen molar-refractivity contribution in [3.05, 3.63) is 83.9 Å². The summed E-state index contributed by atoms with van der Waals surface area (Å²) in [6, 6.07) is 20.2. The number of amides is 1. The second-order valence-electron chi connectivity index (χ2n) is 7.81. The number of ether oxygens (including phenoxy) is 2. The summed E-state index contributed by atoms with van der Waals surface area (Å²) in [5.74, 6) is 0.877. The van der Waals surface area contributed by atoms with Crippen molar-refractivity contribution in [2.45, 2.75) is 31.7 Å². The number of aryl methyl sites for hydroxylation is 1. The van der Waals surface area contributed by atoms with Crippen LogP contribution in [0.1, 0.15) is 31.0 Å². The van der Waals surface area contributed by atoms with Crippen LogP contribution < -0.4 is 19.1 Å². The van der Waals surface area contributed by atoms with Crippen LogP contribution in [0.3, 0.4) is 0 Å². The number of carbonyl (C=O) groups is 1. The third-order valence-electron chi connectivity index (χ3n) is 5.33. The third-order valence-corrected chi connectivity index (χ3v) is 7.11. The van der Waals surface area contributed by atoms with E-state index in [-0.39, 0.29) is 17.5 Å². The second kappa shape index (κ2) is 11.1. The van der Waals surface area contributed by atoms with E-state index in [0.29, 0.717) is 23.8 Å². The molecule has 3 aromatic rings. The average Bonchev–Trinajstić information content (AvgIpc) is 2.83. The minimum Gasteiger partial charge on any atom is -0.497 e. The fourth-order valence-electron chi connectivity index (χ4n) is 3.42. The molecule has 0 radical (unpaired) electrons. The predicted molar refractivity (Wildman–Crippen MR) is 133 cm³/mol. The van der Waals surface area contributed by atoms with Gasteiger partial charge in [-0.1, -0.05) is 29.8 Å². The van der Waals surface area contributed by atoms with Crippen LogP contribution in [-0.2, 0) is 14.8 Å². The van der Waals surface area contributed by atoms with Gasteiger partial charge in [-0.2, -0.15) is 0 Å². The van der Waals surface area contributed by atoms with Crippen LogP contribution in [0, 0.1) is 6.92 Å². The van der Waals surface area contributed by atoms with E-state index in [9.17, 15) is 13.2 Å². The minimum atomic E-state index is -4.00. The Balaban J connectivity index is 1.85. The first-order valence-electron chi connectivity index (χ1n) is 11.0. The van der Waals surface area contributed by atoms with Crippen LogP contribution >= 0.6 is 0 Å². The van der Waals surface area contributed by atoms with Crippen molar-refractivity contribution in [3.63, 3.8) is 0 Å². The Kier molecular flexibility index (Phi) is 8.17. The number of methoxy groups -OCH3 is 1. The number of carbonyl (C=O) groups excluding carboxylic acids is 1. The SMILES string of the molecule is CCOc1ccc(S(=O)(=O)N(CC(=O)NC(C)c2ccc(OC)cc2)c2ccc(C)cc2)cc1. The van der Waals surface area contributed by atoms with Gasteiger partial charge in [0.25, 0.3) is 10.0 Å². The van der Waals surface area contributed by atoms with E-state index >= 15 is 0 Å². The van der Waals surface area contributed by atoms with Gasteiger partial charge in [0.05, 0.1) is 30.3 Å². The second-order valence-corrected chi connectivity index (χ2v) is 9.68. The molecule has 1 amide bonds. The molecular weight excluding hydrogens is 452 g/mol. The molecule has 7 nitrogen and oxygen atoms in total. The number of rotatable bonds is 10. The van der Waals surface area contributed by atoms with Crippen LogP contribution in [0.25, 0.3) is 0 Å². The molecule has 0 aromatic heterocycles. The lowest BCUT2D eigenvalue weighted by molar-refractivity contribution is -0.120. The normalized spacial score (nSPS) is 12.0. The van der Waals surface area contributed by atoms with Crippen molar-refractivity contribution >= 4 is 21.6 Å². The molecule has 0 aliphatic carbocycles. The van der Waals surface area contributed by atoms with Gasteiger partial charge in [-0.3, -0.25) is 9.10 Å². The molecule has 1 atom stereocenters. The molecule has 8 heteroatoms. The van der Waals surface area contributed by atoms with Gasteiger partial charge in [0, 0.05) is 0 Å². The fourth-order valence-corrected chi connectivity index (χ4v) is 4.84. The highest BCUT2D eigenvalue weighted by Crippen LogP contribution is 2.26. The van der Waals surface area contributed by atoms with Crippen molar-refractivity contribution < 1.29 is 22.7 Å². The first-order valence-corrected chi connectivity index (χ1v) is 12.4. The van der Waals surface area contributed by atoms with Crippen LogP contribution in [0.4, 0.5) is 5.69 Å². The molecule has 3 rings (SSSR count). The van der Waals surface area contributed by atoms with Crippen molar-refractivity contribution in [3.8, 4) is 11.5 Å². The van der Waals surface area contributed by atoms with E-state index in [2.05, 4.69) is 5.32 Å². The number of sulfonamides is 1. The minimum absolute atomic E-state index is 0.0764. The highest BCUT2D eigenvalue weighted by Gasteiger charge is 2.28. The maximum absolute atomic E-state index is 13.5. The topological polar surface area (TPSA) is 84.9 Å². The lowest BCUT2D eigenvalue weighted by Crippen LogP contribution is -2.41. The molecule has 0 aliphatic heterocycles. The summed E-state index contributed by atoms with van der Waals surface area (Å²) in [4.78, 5) is 13.0. The maximum atomic E-state index is 13.5. The Morgan fingerprint density at radius 1 is 0.941 bits per heavy atom. The summed E-state index contributed by atoms with van der Waals surface area (Å²) in [5.41, 5.74) is 2.27. The van der Waals surface area contributed by atoms with Gasteiger partial charge < -0.3 is 14.8 Å². The van der Waals surface area contributed by atoms with Crippen molar-refractivity contribution in [1.29, 1.82) is 0 Å². The molecule has 0 spiro atoms. The molecule has 0 aliphatic rings. The third kappa shape index (κ3) is 6.08. The van der Waals surface area contributed by atoms with Crippen molar-refractivity contribution in [2.75, 3.05) is 24.6 Å². The smallest absolute Gasteiger partial charge is 0.264 e. The summed E-state index contributed by atoms with van der Waals surface area (Å²) < 4.78 is 38.8. The zero-order chi connectivity index (χ0) is 24.7. The lowest BCUT2D eigenvalue weighted by atomic mass is 10.1. The molecule has 0 saturated carbocycles. The molecule has 0 saturated heterocycles. The van der Waals surface area contributed by atoms with E-state index in [0.717, 1.165) is 15.4 Å². The Morgan fingerprint density at radius 3 is 2.09 bits per heavy atom. The molecule has 1 unspecified atom stereocenters. The number of hydrogen-bond acceptors (Lipinski definition) is 5. The first kappa shape index (κ1) is 25.1. The molecule has 180 valence electrons. The standard InChI is InChI=1S/C26H30N2O5S/c1-5-33-24-14-16-25(17-15-24)34(30,31)28(22-10-6-19(2)7-11-22)18-26(29)27-20(3)21-8-12-23(32-4)13-9-21/h6-17,20H,5,18H2,1-4H3,(H,27,29). The number of anilines is 1. The average molecular weight is 483 g/mol. The van der Waals surface area contributed by atoms with Crippen LogP contribution in [0.2, 0.25) is 0 Å². The number of nitrogens with zero attached hydrogens (tertiary/aromatic N) is 1. The van der Waals surface area contributed by atoms with Crippen molar-refractivity contribution in [1.82, 2.24) is 5.32 Å². The molecule has 3 aromatic carbocycles. The zero-order valence-corrected chi connectivity index (χ0v) is 20.6. The summed E-state index contributed by atoms with van der Waals surface area (Å²) in [5, 5.41) is 2.89. The van der Waals surface area contributed by atoms with Crippen LogP contribution in [-0.4, -0.2) is 34.6 Å². The summed E-state index contributed by atoms with van der Waals surface area (Å²) >= 11 is 0. The summed E-state index contributed by atoms with van der Waals surface area (Å²) in [6.07, 6.45) is 0. The Hall–Kier alpha value is -3.52. The highest BCUT2D eigenvalue weighted by atomic mass is 32.2. The monoisotopic (exact) mass is 482 g/mol. The van der Waals surface area contributed by atoms with Gasteiger partial charge in [0.15, 0.2) is 0 Å². The van der Waals surface area contributed by atoms with Crippen molar-refractivity contribution in [2.24, 2.45) is 0 Å². The van der Waals surface area contributed by atoms with Gasteiger partial charge in [-0.25, -0.2) is 8.42 Å². The van der Waals surface area contributed by atoms with Gasteiger partial charge in [0.2, 0.25) is 5.91 Å². The summed E-state index contributed by atoms with van der Waals surface area (Å²) in [6.45, 7) is 5.73. The van der Waals surface area contributed by atoms with Gasteiger partial charge in [-0.05, 0) is 74.9 Å². The molecule has 0 heterocycles. The quantitative estimate of drug-likeness (QED) is 0.461. The van der Waals surface area contributed by atoms with Crippen LogP contribution in [0.5, 0.6) is 11.5 Å². The molecule has 0 fully saturated rings. The fraction of sp³-hybridized carbons (Fsp3) is 0.269. The number of hydrogen-bond donors (Lipinski definition) is 1. The molecule has 1 N–H and O–H groups in total. The van der Waals surface area contributed by atoms with Gasteiger partial charge in [0.1, 0.15) is 18.0 Å². The van der Waals surface area contributed by atoms with Gasteiger partial charge >= 0.3 is 0 Å². The number of nitrogens with one attached hydrogen (secondary N) is 1. The van der Waals surface area contributed by atoms with E-state index in [4.69, 9.17) is 9.47 Å². The molecule has 0 bridgehead atoms. The Bertz CT molecular complexity index is 1190. The molecule has 34 heavy (non-hydrogen) atoms. The first-order chi connectivity index (χ1) is 16.2. The Morgan fingerprint density at radius 2 is 1.53 bits per heavy atom. The zero-order valence-electron chi connectivity index (χ0n) is 19.8. The largest absolute Gasteiger partial charge is 0.497 e. The molecular formula is C26H30N2O5S. The van der Waals surface area contributed by atoms with E-state index < -0.39 is 15.9 Å². The maximum Gasteiger partial charge on any atom is 0.264 e. The van der Waals surface area contributed by atoms with E-state index in [1.54, 1.807) is 31.4 Å². The Labute approximate surface area is 201 Å². The number of benzene rings is 3. The highest BCUT2D eigenvalue weighted by molar-refractivity contribution is 7.92. The van der Waals surface area contributed by atoms with Gasteiger partial charge in [-0.15, -0.1) is 0 Å². The van der Waals surface area contributed by atoms with Crippen LogP contribution in [0.15, 0.2) is 77.7 Å². The summed E-state index contributed by atoms with van der Waals surface area (Å²) in [7, 11) is -2.41. The van der Waals surface area contributed by atoms with E-state index in [1.807, 2.05) is 57.2 Å².